The van der Waals surface area contributed by atoms with Crippen LogP contribution in [0.25, 0.3) is 11.0 Å². The topological polar surface area (TPSA) is 21.1 Å². The molecule has 0 fully saturated rings. The van der Waals surface area contributed by atoms with Crippen LogP contribution in [0.15, 0.2) is 42.5 Å². The number of anilines is 1. The van der Waals surface area contributed by atoms with Gasteiger partial charge in [0.25, 0.3) is 0 Å². The second kappa shape index (κ2) is 4.62. The molecular formula is C18H19N3. The Kier molecular flexibility index (Phi) is 2.74. The van der Waals surface area contributed by atoms with Gasteiger partial charge < -0.3 is 9.47 Å². The molecule has 0 amide bonds. The van der Waals surface area contributed by atoms with Gasteiger partial charge in [0.15, 0.2) is 0 Å². The number of para-hydroxylation sites is 2. The first-order valence-electron chi connectivity index (χ1n) is 7.47. The lowest BCUT2D eigenvalue weighted by Gasteiger charge is -2.19. The lowest BCUT2D eigenvalue weighted by Crippen LogP contribution is -2.21. The molecule has 4 rings (SSSR count). The van der Waals surface area contributed by atoms with Crippen LogP contribution in [0.5, 0.6) is 0 Å². The minimum atomic E-state index is 0.876. The fraction of sp³-hybridized carbons (Fsp3) is 0.278. The summed E-state index contributed by atoms with van der Waals surface area (Å²) >= 11 is 0. The van der Waals surface area contributed by atoms with Crippen LogP contribution in [0.3, 0.4) is 0 Å². The Morgan fingerprint density at radius 2 is 2.00 bits per heavy atom. The average molecular weight is 277 g/mol. The molecule has 2 heterocycles. The summed E-state index contributed by atoms with van der Waals surface area (Å²) in [5, 5.41) is 0. The smallest absolute Gasteiger partial charge is 0.129 e. The van der Waals surface area contributed by atoms with E-state index in [-0.39, 0.29) is 0 Å². The number of aromatic nitrogens is 2. The first kappa shape index (κ1) is 12.5. The molecule has 0 radical (unpaired) electrons. The summed E-state index contributed by atoms with van der Waals surface area (Å²) in [5.41, 5.74) is 6.47. The number of benzene rings is 2. The summed E-state index contributed by atoms with van der Waals surface area (Å²) in [6.45, 7) is 4.12. The highest BCUT2D eigenvalue weighted by Gasteiger charge is 2.20. The van der Waals surface area contributed by atoms with Gasteiger partial charge in [0, 0.05) is 19.3 Å². The molecule has 1 aliphatic heterocycles. The molecule has 1 aliphatic rings. The molecule has 0 atom stereocenters. The molecule has 0 N–H and O–H groups in total. The molecule has 0 unspecified atom stereocenters. The highest BCUT2D eigenvalue weighted by atomic mass is 15.2. The van der Waals surface area contributed by atoms with E-state index in [4.69, 9.17) is 4.98 Å². The van der Waals surface area contributed by atoms with Crippen molar-refractivity contribution in [3.63, 3.8) is 0 Å². The van der Waals surface area contributed by atoms with E-state index >= 15 is 0 Å². The molecule has 3 aromatic rings. The normalized spacial score (nSPS) is 13.9. The maximum absolute atomic E-state index is 4.79. The molecule has 0 bridgehead atoms. The summed E-state index contributed by atoms with van der Waals surface area (Å²) in [5.74, 6) is 1.13. The van der Waals surface area contributed by atoms with Gasteiger partial charge in [-0.25, -0.2) is 4.98 Å². The molecule has 0 saturated heterocycles. The van der Waals surface area contributed by atoms with Crippen molar-refractivity contribution in [2.45, 2.75) is 19.9 Å². The lowest BCUT2D eigenvalue weighted by atomic mass is 10.1. The number of hydrogen-bond acceptors (Lipinski definition) is 2. The molecule has 0 spiro atoms. The Morgan fingerprint density at radius 1 is 1.14 bits per heavy atom. The minimum absolute atomic E-state index is 0.876. The number of nitrogens with zero attached hydrogens (tertiary/aromatic N) is 3. The molecular weight excluding hydrogens is 258 g/mol. The van der Waals surface area contributed by atoms with Crippen molar-refractivity contribution in [1.29, 1.82) is 0 Å². The Bertz CT molecular complexity index is 816. The van der Waals surface area contributed by atoms with E-state index in [9.17, 15) is 0 Å². The summed E-state index contributed by atoms with van der Waals surface area (Å²) < 4.78 is 2.21. The van der Waals surface area contributed by atoms with E-state index < -0.39 is 0 Å². The summed E-state index contributed by atoms with van der Waals surface area (Å²) in [4.78, 5) is 7.23. The first-order chi connectivity index (χ1) is 10.2. The van der Waals surface area contributed by atoms with Gasteiger partial charge in [0.2, 0.25) is 0 Å². The van der Waals surface area contributed by atoms with Crippen molar-refractivity contribution in [2.75, 3.05) is 11.4 Å². The van der Waals surface area contributed by atoms with Gasteiger partial charge in [0.1, 0.15) is 5.82 Å². The Balaban J connectivity index is 1.69. The summed E-state index contributed by atoms with van der Waals surface area (Å²) in [6.07, 6.45) is 1.14. The van der Waals surface area contributed by atoms with Crippen molar-refractivity contribution in [2.24, 2.45) is 7.05 Å². The third-order valence-electron chi connectivity index (χ3n) is 4.44. The average Bonchev–Trinajstić information content (AvgIpc) is 3.02. The van der Waals surface area contributed by atoms with Crippen molar-refractivity contribution >= 4 is 16.7 Å². The van der Waals surface area contributed by atoms with Crippen molar-refractivity contribution in [1.82, 2.24) is 9.55 Å². The Hall–Kier alpha value is -2.29. The minimum Gasteiger partial charge on any atom is -0.363 e. The van der Waals surface area contributed by atoms with Crippen LogP contribution in [0, 0.1) is 6.92 Å². The van der Waals surface area contributed by atoms with Crippen LogP contribution in [-0.2, 0) is 20.0 Å². The van der Waals surface area contributed by atoms with Crippen LogP contribution < -0.4 is 4.90 Å². The number of hydrogen-bond donors (Lipinski definition) is 0. The fourth-order valence-electron chi connectivity index (χ4n) is 3.27. The molecule has 1 aromatic heterocycles. The maximum Gasteiger partial charge on any atom is 0.129 e. The predicted octanol–water partition coefficient (Wildman–Crippen LogP) is 3.44. The van der Waals surface area contributed by atoms with E-state index in [0.717, 1.165) is 30.9 Å². The van der Waals surface area contributed by atoms with E-state index in [0.29, 0.717) is 0 Å². The number of aryl methyl sites for hydroxylation is 2. The van der Waals surface area contributed by atoms with Crippen LogP contribution in [0.4, 0.5) is 5.69 Å². The van der Waals surface area contributed by atoms with Crippen LogP contribution in [-0.4, -0.2) is 16.1 Å². The van der Waals surface area contributed by atoms with Crippen molar-refractivity contribution < 1.29 is 0 Å². The van der Waals surface area contributed by atoms with E-state index in [1.54, 1.807) is 0 Å². The number of fused-ring (bicyclic) bond motifs is 2. The van der Waals surface area contributed by atoms with Gasteiger partial charge >= 0.3 is 0 Å². The second-order valence-electron chi connectivity index (χ2n) is 5.88. The molecule has 3 nitrogen and oxygen atoms in total. The number of rotatable bonds is 2. The SMILES string of the molecule is Cc1ccc2c(c1)CCN2Cc1nc2ccccc2n1C. The summed E-state index contributed by atoms with van der Waals surface area (Å²) in [7, 11) is 2.11. The molecule has 3 heteroatoms. The maximum atomic E-state index is 4.79. The Labute approximate surface area is 124 Å². The van der Waals surface area contributed by atoms with Gasteiger partial charge in [0.05, 0.1) is 17.6 Å². The standard InChI is InChI=1S/C18H19N3/c1-13-7-8-16-14(11-13)9-10-21(16)12-18-19-15-5-3-4-6-17(15)20(18)2/h3-8,11H,9-10,12H2,1-2H3. The van der Waals surface area contributed by atoms with Gasteiger partial charge in [-0.3, -0.25) is 0 Å². The predicted molar refractivity (Wildman–Crippen MR) is 86.6 cm³/mol. The third kappa shape index (κ3) is 2.00. The lowest BCUT2D eigenvalue weighted by molar-refractivity contribution is 0.745. The van der Waals surface area contributed by atoms with Crippen LogP contribution in [0.1, 0.15) is 17.0 Å². The first-order valence-corrected chi connectivity index (χ1v) is 7.47. The van der Waals surface area contributed by atoms with E-state index in [2.05, 4.69) is 59.8 Å². The molecule has 2 aromatic carbocycles. The largest absolute Gasteiger partial charge is 0.363 e. The Morgan fingerprint density at radius 3 is 2.86 bits per heavy atom. The zero-order valence-corrected chi connectivity index (χ0v) is 12.5. The van der Waals surface area contributed by atoms with E-state index in [1.807, 2.05) is 6.07 Å². The fourth-order valence-corrected chi connectivity index (χ4v) is 3.27. The van der Waals surface area contributed by atoms with Crippen LogP contribution >= 0.6 is 0 Å². The zero-order chi connectivity index (χ0) is 14.4. The van der Waals surface area contributed by atoms with Crippen molar-refractivity contribution in [3.8, 4) is 0 Å². The van der Waals surface area contributed by atoms with Gasteiger partial charge in [-0.1, -0.05) is 29.8 Å². The van der Waals surface area contributed by atoms with E-state index in [1.165, 1.54) is 22.3 Å². The highest BCUT2D eigenvalue weighted by molar-refractivity contribution is 5.76. The highest BCUT2D eigenvalue weighted by Crippen LogP contribution is 2.30. The molecule has 0 saturated carbocycles. The van der Waals surface area contributed by atoms with Crippen LogP contribution in [0.2, 0.25) is 0 Å². The molecule has 106 valence electrons. The van der Waals surface area contributed by atoms with Gasteiger partial charge in [-0.05, 0) is 37.1 Å². The number of imidazole rings is 1. The monoisotopic (exact) mass is 277 g/mol. The summed E-state index contributed by atoms with van der Waals surface area (Å²) in [6, 6.07) is 15.1. The second-order valence-corrected chi connectivity index (χ2v) is 5.88. The quantitative estimate of drug-likeness (QED) is 0.715. The molecule has 21 heavy (non-hydrogen) atoms. The third-order valence-corrected chi connectivity index (χ3v) is 4.44. The van der Waals surface area contributed by atoms with Gasteiger partial charge in [-0.2, -0.15) is 0 Å². The van der Waals surface area contributed by atoms with Crippen molar-refractivity contribution in [3.05, 3.63) is 59.4 Å². The zero-order valence-electron chi connectivity index (χ0n) is 12.5. The van der Waals surface area contributed by atoms with Gasteiger partial charge in [-0.15, -0.1) is 0 Å². The molecule has 0 aliphatic carbocycles.